The van der Waals surface area contributed by atoms with Crippen molar-refractivity contribution in [2.24, 2.45) is 0 Å². The summed E-state index contributed by atoms with van der Waals surface area (Å²) in [5.74, 6) is 0.572. The van der Waals surface area contributed by atoms with E-state index >= 15 is 0 Å². The molecule has 2 heterocycles. The fourth-order valence-corrected chi connectivity index (χ4v) is 1.89. The van der Waals surface area contributed by atoms with Gasteiger partial charge in [0, 0.05) is 6.20 Å². The zero-order valence-corrected chi connectivity index (χ0v) is 8.73. The maximum Gasteiger partial charge on any atom is 0.145 e. The van der Waals surface area contributed by atoms with E-state index in [1.165, 1.54) is 0 Å². The van der Waals surface area contributed by atoms with Crippen LogP contribution in [0.5, 0.6) is 0 Å². The third-order valence-electron chi connectivity index (χ3n) is 2.61. The molecular formula is C10H17N3O. The number of hydrogen-bond acceptors (Lipinski definition) is 3. The summed E-state index contributed by atoms with van der Waals surface area (Å²) in [6.07, 6.45) is 4.40. The van der Waals surface area contributed by atoms with Crippen LogP contribution in [-0.2, 0) is 11.3 Å². The number of ether oxygens (including phenoxy) is 1. The summed E-state index contributed by atoms with van der Waals surface area (Å²) in [5, 5.41) is 4.14. The Morgan fingerprint density at radius 2 is 2.50 bits per heavy atom. The molecule has 0 aliphatic carbocycles. The van der Waals surface area contributed by atoms with E-state index in [0.29, 0.717) is 5.82 Å². The Balaban J connectivity index is 1.94. The fraction of sp³-hybridized carbons (Fsp3) is 0.700. The van der Waals surface area contributed by atoms with Gasteiger partial charge in [-0.3, -0.25) is 4.68 Å². The molecule has 1 unspecified atom stereocenters. The van der Waals surface area contributed by atoms with Crippen LogP contribution in [0.15, 0.2) is 12.3 Å². The molecule has 1 aliphatic heterocycles. The van der Waals surface area contributed by atoms with Gasteiger partial charge in [0.25, 0.3) is 0 Å². The summed E-state index contributed by atoms with van der Waals surface area (Å²) in [7, 11) is 0. The van der Waals surface area contributed by atoms with Crippen molar-refractivity contribution >= 4 is 5.82 Å². The van der Waals surface area contributed by atoms with E-state index in [2.05, 4.69) is 18.9 Å². The van der Waals surface area contributed by atoms with E-state index in [9.17, 15) is 0 Å². The number of aromatic nitrogens is 2. The first-order valence-corrected chi connectivity index (χ1v) is 5.02. The molecule has 0 radical (unpaired) electrons. The first kappa shape index (κ1) is 9.52. The Bertz CT molecular complexity index is 319. The molecule has 1 saturated heterocycles. The summed E-state index contributed by atoms with van der Waals surface area (Å²) >= 11 is 0. The predicted molar refractivity (Wildman–Crippen MR) is 54.8 cm³/mol. The largest absolute Gasteiger partial charge is 0.382 e. The molecule has 1 aliphatic rings. The fourth-order valence-electron chi connectivity index (χ4n) is 1.89. The van der Waals surface area contributed by atoms with E-state index in [1.54, 1.807) is 6.07 Å². The third kappa shape index (κ3) is 2.07. The van der Waals surface area contributed by atoms with Crippen LogP contribution < -0.4 is 5.73 Å². The van der Waals surface area contributed by atoms with Crippen LogP contribution in [0.25, 0.3) is 0 Å². The second-order valence-corrected chi connectivity index (χ2v) is 4.50. The van der Waals surface area contributed by atoms with Gasteiger partial charge in [0.2, 0.25) is 0 Å². The van der Waals surface area contributed by atoms with Crippen LogP contribution in [0.1, 0.15) is 26.7 Å². The molecule has 0 bridgehead atoms. The van der Waals surface area contributed by atoms with Crippen LogP contribution in [0.4, 0.5) is 5.82 Å². The molecule has 0 amide bonds. The molecule has 14 heavy (non-hydrogen) atoms. The van der Waals surface area contributed by atoms with Crippen molar-refractivity contribution in [1.29, 1.82) is 0 Å². The SMILES string of the molecule is CC1(C)CCC(Cn2ccc(N)n2)O1. The minimum absolute atomic E-state index is 0.0311. The molecule has 1 fully saturated rings. The minimum atomic E-state index is 0.0311. The van der Waals surface area contributed by atoms with Gasteiger partial charge in [-0.1, -0.05) is 0 Å². The molecule has 1 aromatic heterocycles. The van der Waals surface area contributed by atoms with E-state index in [0.717, 1.165) is 19.4 Å². The highest BCUT2D eigenvalue weighted by Crippen LogP contribution is 2.29. The van der Waals surface area contributed by atoms with Gasteiger partial charge in [-0.05, 0) is 32.8 Å². The van der Waals surface area contributed by atoms with E-state index in [1.807, 2.05) is 10.9 Å². The van der Waals surface area contributed by atoms with Gasteiger partial charge in [-0.25, -0.2) is 0 Å². The van der Waals surface area contributed by atoms with Gasteiger partial charge in [0.1, 0.15) is 5.82 Å². The number of rotatable bonds is 2. The Morgan fingerprint density at radius 3 is 3.00 bits per heavy atom. The van der Waals surface area contributed by atoms with Crippen molar-refractivity contribution in [3.05, 3.63) is 12.3 Å². The summed E-state index contributed by atoms with van der Waals surface area (Å²) in [6, 6.07) is 1.81. The highest BCUT2D eigenvalue weighted by molar-refractivity contribution is 5.23. The molecule has 2 rings (SSSR count). The van der Waals surface area contributed by atoms with Crippen molar-refractivity contribution in [3.63, 3.8) is 0 Å². The molecular weight excluding hydrogens is 178 g/mol. The summed E-state index contributed by atoms with van der Waals surface area (Å²) in [6.45, 7) is 5.07. The Morgan fingerprint density at radius 1 is 1.71 bits per heavy atom. The van der Waals surface area contributed by atoms with E-state index in [-0.39, 0.29) is 11.7 Å². The molecule has 1 aromatic rings. The highest BCUT2D eigenvalue weighted by Gasteiger charge is 2.31. The molecule has 0 saturated carbocycles. The Labute approximate surface area is 84.0 Å². The zero-order valence-electron chi connectivity index (χ0n) is 8.73. The summed E-state index contributed by atoms with van der Waals surface area (Å²) < 4.78 is 7.71. The lowest BCUT2D eigenvalue weighted by Crippen LogP contribution is -2.23. The maximum atomic E-state index is 5.86. The molecule has 4 heteroatoms. The number of nitrogen functional groups attached to an aromatic ring is 1. The normalized spacial score (nSPS) is 25.4. The topological polar surface area (TPSA) is 53.1 Å². The number of nitrogens with two attached hydrogens (primary N) is 1. The van der Waals surface area contributed by atoms with Crippen molar-refractivity contribution in [2.75, 3.05) is 5.73 Å². The highest BCUT2D eigenvalue weighted by atomic mass is 16.5. The van der Waals surface area contributed by atoms with E-state index < -0.39 is 0 Å². The van der Waals surface area contributed by atoms with Crippen molar-refractivity contribution in [2.45, 2.75) is 44.9 Å². The van der Waals surface area contributed by atoms with Gasteiger partial charge in [0.05, 0.1) is 18.2 Å². The minimum Gasteiger partial charge on any atom is -0.382 e. The first-order chi connectivity index (χ1) is 6.55. The first-order valence-electron chi connectivity index (χ1n) is 5.02. The average Bonchev–Trinajstić information content (AvgIpc) is 2.59. The van der Waals surface area contributed by atoms with Gasteiger partial charge >= 0.3 is 0 Å². The van der Waals surface area contributed by atoms with Gasteiger partial charge < -0.3 is 10.5 Å². The molecule has 1 atom stereocenters. The lowest BCUT2D eigenvalue weighted by molar-refractivity contribution is -0.0229. The Kier molecular flexibility index (Phi) is 2.23. The lowest BCUT2D eigenvalue weighted by atomic mass is 10.1. The van der Waals surface area contributed by atoms with E-state index in [4.69, 9.17) is 10.5 Å². The number of nitrogens with zero attached hydrogens (tertiary/aromatic N) is 2. The molecule has 4 nitrogen and oxygen atoms in total. The van der Waals surface area contributed by atoms with Crippen LogP contribution in [0, 0.1) is 0 Å². The predicted octanol–water partition coefficient (Wildman–Crippen LogP) is 1.42. The van der Waals surface area contributed by atoms with Crippen LogP contribution >= 0.6 is 0 Å². The van der Waals surface area contributed by atoms with Gasteiger partial charge in [-0.15, -0.1) is 0 Å². The molecule has 0 aromatic carbocycles. The van der Waals surface area contributed by atoms with Crippen molar-refractivity contribution in [3.8, 4) is 0 Å². The quantitative estimate of drug-likeness (QED) is 0.776. The average molecular weight is 195 g/mol. The van der Waals surface area contributed by atoms with Crippen molar-refractivity contribution < 1.29 is 4.74 Å². The summed E-state index contributed by atoms with van der Waals surface area (Å²) in [4.78, 5) is 0. The second-order valence-electron chi connectivity index (χ2n) is 4.50. The number of hydrogen-bond donors (Lipinski definition) is 1. The lowest BCUT2D eigenvalue weighted by Gasteiger charge is -2.19. The third-order valence-corrected chi connectivity index (χ3v) is 2.61. The van der Waals surface area contributed by atoms with Crippen LogP contribution in [-0.4, -0.2) is 21.5 Å². The zero-order chi connectivity index (χ0) is 10.2. The standard InChI is InChI=1S/C10H17N3O/c1-10(2)5-3-8(14-10)7-13-6-4-9(11)12-13/h4,6,8H,3,5,7H2,1-2H3,(H2,11,12). The number of anilines is 1. The van der Waals surface area contributed by atoms with Gasteiger partial charge in [-0.2, -0.15) is 5.10 Å². The Hall–Kier alpha value is -1.03. The van der Waals surface area contributed by atoms with Crippen LogP contribution in [0.3, 0.4) is 0 Å². The van der Waals surface area contributed by atoms with Crippen molar-refractivity contribution in [1.82, 2.24) is 9.78 Å². The van der Waals surface area contributed by atoms with Crippen LogP contribution in [0.2, 0.25) is 0 Å². The monoisotopic (exact) mass is 195 g/mol. The smallest absolute Gasteiger partial charge is 0.145 e. The molecule has 78 valence electrons. The molecule has 2 N–H and O–H groups in total. The second kappa shape index (κ2) is 3.28. The van der Waals surface area contributed by atoms with Gasteiger partial charge in [0.15, 0.2) is 0 Å². The summed E-state index contributed by atoms with van der Waals surface area (Å²) in [5.41, 5.74) is 5.56. The molecule has 0 spiro atoms. The maximum absolute atomic E-state index is 5.86.